The highest BCUT2D eigenvalue weighted by Gasteiger charge is 2.05. The van der Waals surface area contributed by atoms with Crippen molar-refractivity contribution in [3.8, 4) is 11.1 Å². The highest BCUT2D eigenvalue weighted by atomic mass is 32.1. The van der Waals surface area contributed by atoms with Crippen LogP contribution in [0.5, 0.6) is 0 Å². The molecule has 0 unspecified atom stereocenters. The van der Waals surface area contributed by atoms with E-state index in [2.05, 4.69) is 33.0 Å². The number of para-hydroxylation sites is 1. The number of pyridine rings is 1. The summed E-state index contributed by atoms with van der Waals surface area (Å²) in [5, 5.41) is 7.69. The Hall–Kier alpha value is -3.05. The van der Waals surface area contributed by atoms with Gasteiger partial charge in [-0.15, -0.1) is 0 Å². The van der Waals surface area contributed by atoms with Crippen LogP contribution in [0.25, 0.3) is 11.1 Å². The number of hydrazone groups is 1. The fraction of sp³-hybridized carbons (Fsp3) is 0.0500. The molecule has 2 N–H and O–H groups in total. The van der Waals surface area contributed by atoms with Crippen molar-refractivity contribution < 1.29 is 0 Å². The molecule has 0 radical (unpaired) electrons. The monoisotopic (exact) mass is 346 g/mol. The fourth-order valence-electron chi connectivity index (χ4n) is 2.45. The van der Waals surface area contributed by atoms with Gasteiger partial charge < -0.3 is 5.32 Å². The van der Waals surface area contributed by atoms with Crippen LogP contribution in [0.3, 0.4) is 0 Å². The third kappa shape index (κ3) is 4.49. The van der Waals surface area contributed by atoms with Gasteiger partial charge in [0.2, 0.25) is 0 Å². The van der Waals surface area contributed by atoms with Gasteiger partial charge in [-0.3, -0.25) is 10.4 Å². The van der Waals surface area contributed by atoms with Crippen LogP contribution in [0.15, 0.2) is 78.0 Å². The van der Waals surface area contributed by atoms with Crippen LogP contribution in [0.2, 0.25) is 0 Å². The number of nitrogens with zero attached hydrogens (tertiary/aromatic N) is 2. The summed E-state index contributed by atoms with van der Waals surface area (Å²) in [6.07, 6.45) is 3.47. The lowest BCUT2D eigenvalue weighted by Crippen LogP contribution is -2.23. The molecule has 0 saturated carbocycles. The molecule has 0 amide bonds. The number of aromatic nitrogens is 1. The highest BCUT2D eigenvalue weighted by molar-refractivity contribution is 7.80. The van der Waals surface area contributed by atoms with Gasteiger partial charge in [0, 0.05) is 11.9 Å². The van der Waals surface area contributed by atoms with E-state index in [9.17, 15) is 0 Å². The Kier molecular flexibility index (Phi) is 5.49. The molecule has 2 aromatic carbocycles. The molecular formula is C20H18N4S. The maximum Gasteiger partial charge on any atom is 0.191 e. The predicted molar refractivity (Wildman–Crippen MR) is 108 cm³/mol. The first-order valence-corrected chi connectivity index (χ1v) is 8.31. The first-order chi connectivity index (χ1) is 12.2. The zero-order chi connectivity index (χ0) is 17.5. The van der Waals surface area contributed by atoms with Gasteiger partial charge in [-0.1, -0.05) is 48.5 Å². The van der Waals surface area contributed by atoms with Gasteiger partial charge >= 0.3 is 0 Å². The summed E-state index contributed by atoms with van der Waals surface area (Å²) in [4.78, 5) is 4.39. The van der Waals surface area contributed by atoms with Crippen LogP contribution in [0.1, 0.15) is 11.3 Å². The lowest BCUT2D eigenvalue weighted by Gasteiger charge is -2.08. The van der Waals surface area contributed by atoms with E-state index in [1.165, 1.54) is 0 Å². The Morgan fingerprint density at radius 1 is 1.00 bits per heavy atom. The first kappa shape index (κ1) is 16.8. The van der Waals surface area contributed by atoms with Gasteiger partial charge in [0.1, 0.15) is 0 Å². The molecule has 3 rings (SSSR count). The molecule has 1 heterocycles. The Morgan fingerprint density at radius 3 is 2.40 bits per heavy atom. The molecule has 1 aromatic heterocycles. The van der Waals surface area contributed by atoms with E-state index in [0.717, 1.165) is 28.1 Å². The van der Waals surface area contributed by atoms with E-state index in [0.29, 0.717) is 5.11 Å². The summed E-state index contributed by atoms with van der Waals surface area (Å²) in [5.74, 6) is 0. The standard InChI is InChI=1S/C20H18N4S/c1-15-18(16-8-4-2-5-9-16)12-13-21-19(15)14-22-24-20(25)23-17-10-6-3-7-11-17/h2-14H,1H3,(H2,23,24,25)/b22-14-. The number of thiocarbonyl (C=S) groups is 1. The molecule has 0 bridgehead atoms. The van der Waals surface area contributed by atoms with Crippen molar-refractivity contribution >= 4 is 29.2 Å². The average molecular weight is 346 g/mol. The van der Waals surface area contributed by atoms with Gasteiger partial charge in [0.05, 0.1) is 11.9 Å². The first-order valence-electron chi connectivity index (χ1n) is 7.90. The van der Waals surface area contributed by atoms with E-state index in [1.54, 1.807) is 12.4 Å². The minimum atomic E-state index is 0.430. The second kappa shape index (κ2) is 8.17. The third-order valence-corrected chi connectivity index (χ3v) is 3.91. The predicted octanol–water partition coefficient (Wildman–Crippen LogP) is 4.38. The number of hydrogen-bond donors (Lipinski definition) is 2. The van der Waals surface area contributed by atoms with Crippen LogP contribution in [0.4, 0.5) is 5.69 Å². The Labute approximate surface area is 152 Å². The van der Waals surface area contributed by atoms with E-state index in [4.69, 9.17) is 12.2 Å². The molecule has 4 nitrogen and oxygen atoms in total. The summed E-state index contributed by atoms with van der Waals surface area (Å²) in [5.41, 5.74) is 7.90. The van der Waals surface area contributed by atoms with Crippen LogP contribution in [-0.4, -0.2) is 16.3 Å². The van der Waals surface area contributed by atoms with Gasteiger partial charge in [0.25, 0.3) is 0 Å². The maximum atomic E-state index is 5.23. The highest BCUT2D eigenvalue weighted by Crippen LogP contribution is 2.23. The molecule has 0 fully saturated rings. The normalized spacial score (nSPS) is 10.6. The zero-order valence-corrected chi connectivity index (χ0v) is 14.6. The zero-order valence-electron chi connectivity index (χ0n) is 13.8. The molecule has 25 heavy (non-hydrogen) atoms. The number of hydrogen-bond acceptors (Lipinski definition) is 3. The van der Waals surface area contributed by atoms with Gasteiger partial charge in [0.15, 0.2) is 5.11 Å². The van der Waals surface area contributed by atoms with Gasteiger partial charge in [-0.05, 0) is 54.0 Å². The van der Waals surface area contributed by atoms with E-state index in [1.807, 2.05) is 61.5 Å². The van der Waals surface area contributed by atoms with Crippen molar-refractivity contribution in [1.29, 1.82) is 0 Å². The molecule has 5 heteroatoms. The van der Waals surface area contributed by atoms with Gasteiger partial charge in [-0.2, -0.15) is 5.10 Å². The van der Waals surface area contributed by atoms with E-state index in [-0.39, 0.29) is 0 Å². The fourth-order valence-corrected chi connectivity index (χ4v) is 2.62. The Balaban J connectivity index is 1.69. The number of rotatable bonds is 4. The lowest BCUT2D eigenvalue weighted by molar-refractivity contribution is 1.05. The van der Waals surface area contributed by atoms with E-state index >= 15 is 0 Å². The summed E-state index contributed by atoms with van der Waals surface area (Å²) < 4.78 is 0. The summed E-state index contributed by atoms with van der Waals surface area (Å²) >= 11 is 5.23. The second-order valence-electron chi connectivity index (χ2n) is 5.42. The SMILES string of the molecule is Cc1c(-c2ccccc2)ccnc1/C=N\NC(=S)Nc1ccccc1. The quantitative estimate of drug-likeness (QED) is 0.418. The summed E-state index contributed by atoms with van der Waals surface area (Å²) in [6, 6.07) is 21.9. The lowest BCUT2D eigenvalue weighted by atomic mass is 10.0. The van der Waals surface area contributed by atoms with Crippen molar-refractivity contribution in [2.75, 3.05) is 5.32 Å². The molecule has 3 aromatic rings. The number of nitrogens with one attached hydrogen (secondary N) is 2. The van der Waals surface area contributed by atoms with Gasteiger partial charge in [-0.25, -0.2) is 0 Å². The van der Waals surface area contributed by atoms with Crippen molar-refractivity contribution in [2.24, 2.45) is 5.10 Å². The molecular weight excluding hydrogens is 328 g/mol. The average Bonchev–Trinajstić information content (AvgIpc) is 2.65. The molecule has 0 saturated heterocycles. The van der Waals surface area contributed by atoms with E-state index < -0.39 is 0 Å². The van der Waals surface area contributed by atoms with Crippen molar-refractivity contribution in [1.82, 2.24) is 10.4 Å². The molecule has 0 atom stereocenters. The molecule has 0 aliphatic rings. The maximum absolute atomic E-state index is 5.23. The summed E-state index contributed by atoms with van der Waals surface area (Å²) in [6.45, 7) is 2.04. The smallest absolute Gasteiger partial charge is 0.191 e. The third-order valence-electron chi connectivity index (χ3n) is 3.71. The molecule has 0 aliphatic carbocycles. The summed E-state index contributed by atoms with van der Waals surface area (Å²) in [7, 11) is 0. The minimum Gasteiger partial charge on any atom is -0.331 e. The van der Waals surface area contributed by atoms with Crippen molar-refractivity contribution in [3.63, 3.8) is 0 Å². The topological polar surface area (TPSA) is 49.3 Å². The molecule has 0 spiro atoms. The van der Waals surface area contributed by atoms with Crippen molar-refractivity contribution in [3.05, 3.63) is 84.2 Å². The number of anilines is 1. The Bertz CT molecular complexity index is 877. The molecule has 0 aliphatic heterocycles. The van der Waals surface area contributed by atoms with Crippen LogP contribution >= 0.6 is 12.2 Å². The van der Waals surface area contributed by atoms with Crippen molar-refractivity contribution in [2.45, 2.75) is 6.92 Å². The minimum absolute atomic E-state index is 0.430. The number of benzene rings is 2. The van der Waals surface area contributed by atoms with Crippen LogP contribution in [-0.2, 0) is 0 Å². The van der Waals surface area contributed by atoms with Crippen LogP contribution in [0, 0.1) is 6.92 Å². The second-order valence-corrected chi connectivity index (χ2v) is 5.83. The molecule has 124 valence electrons. The van der Waals surface area contributed by atoms with Crippen LogP contribution < -0.4 is 10.7 Å². The largest absolute Gasteiger partial charge is 0.331 e. The Morgan fingerprint density at radius 2 is 1.68 bits per heavy atom.